The van der Waals surface area contributed by atoms with Crippen LogP contribution in [-0.2, 0) is 9.53 Å². The summed E-state index contributed by atoms with van der Waals surface area (Å²) in [5.74, 6) is -0.0883. The second-order valence-corrected chi connectivity index (χ2v) is 21.0. The van der Waals surface area contributed by atoms with Crippen LogP contribution in [0.5, 0.6) is 0 Å². The summed E-state index contributed by atoms with van der Waals surface area (Å²) in [4.78, 5) is 17.4. The van der Waals surface area contributed by atoms with Gasteiger partial charge < -0.3 is 35.4 Å². The van der Waals surface area contributed by atoms with E-state index in [-0.39, 0.29) is 12.1 Å². The van der Waals surface area contributed by atoms with Gasteiger partial charge in [-0.2, -0.15) is 0 Å². The first-order chi connectivity index (χ1) is 33.0. The van der Waals surface area contributed by atoms with E-state index in [4.69, 9.17) is 4.74 Å². The molecule has 67 heavy (non-hydrogen) atoms. The van der Waals surface area contributed by atoms with Crippen LogP contribution in [0.3, 0.4) is 0 Å². The third-order valence-corrected chi connectivity index (χ3v) is 14.0. The average Bonchev–Trinajstić information content (AvgIpc) is 3.32. The molecule has 0 bridgehead atoms. The summed E-state index contributed by atoms with van der Waals surface area (Å²) in [7, 11) is 0. The Morgan fingerprint density at radius 2 is 0.672 bits per heavy atom. The van der Waals surface area contributed by atoms with Crippen LogP contribution in [0.25, 0.3) is 0 Å². The lowest BCUT2D eigenvalue weighted by Crippen LogP contribution is -2.40. The number of hydrogen-bond donors (Lipinski definition) is 4. The highest BCUT2D eigenvalue weighted by atomic mass is 16.5. The predicted octanol–water partition coefficient (Wildman–Crippen LogP) is 15.1. The lowest BCUT2D eigenvalue weighted by molar-refractivity contribution is -0.143. The highest BCUT2D eigenvalue weighted by Gasteiger charge is 2.15. The maximum Gasteiger partial charge on any atom is 0.305 e. The predicted molar refractivity (Wildman–Crippen MR) is 294 cm³/mol. The number of aliphatic hydroxyl groups excluding tert-OH is 2. The topological polar surface area (TPSA) is 97.3 Å². The summed E-state index contributed by atoms with van der Waals surface area (Å²) in [5, 5.41) is 28.7. The van der Waals surface area contributed by atoms with Gasteiger partial charge in [0.1, 0.15) is 0 Å². The molecule has 2 unspecified atom stereocenters. The second-order valence-electron chi connectivity index (χ2n) is 21.0. The van der Waals surface area contributed by atoms with Gasteiger partial charge in [0.15, 0.2) is 0 Å². The Bertz CT molecular complexity index is 943. The summed E-state index contributed by atoms with van der Waals surface area (Å²) < 4.78 is 5.53. The van der Waals surface area contributed by atoms with Crippen LogP contribution in [-0.4, -0.2) is 110 Å². The summed E-state index contributed by atoms with van der Waals surface area (Å²) in [6.45, 7) is 17.9. The highest BCUT2D eigenvalue weighted by molar-refractivity contribution is 5.69. The molecule has 0 aliphatic rings. The molecule has 0 saturated carbocycles. The Balaban J connectivity index is 4.60. The molecule has 0 aliphatic heterocycles. The number of likely N-dealkylation sites (N-methyl/N-ethyl adjacent to an activating group) is 1. The number of ether oxygens (including phenoxy) is 1. The quantitative estimate of drug-likeness (QED) is 0.0354. The van der Waals surface area contributed by atoms with Crippen molar-refractivity contribution in [2.75, 3.05) is 72.1 Å². The van der Waals surface area contributed by atoms with E-state index in [0.717, 1.165) is 77.9 Å². The van der Waals surface area contributed by atoms with Crippen molar-refractivity contribution in [2.24, 2.45) is 0 Å². The number of esters is 1. The SMILES string of the molecule is CCCCCCCCCCCCCCCOC(=O)CCCNCC(O)CN(CCCCCCCCCCCCCC)CCCCN(CCCCCCCCCCCCCC)CC(O)CNCC. The van der Waals surface area contributed by atoms with Gasteiger partial charge in [0.25, 0.3) is 0 Å². The standard InChI is InChI=1S/C59H122N4O4/c1-5-9-12-15-18-21-24-27-30-33-36-39-44-52-67-59(66)46-45-47-61-54-58(65)56-63(49-41-38-35-32-29-26-23-20-17-14-11-7-3)51-43-42-50-62(55-57(64)53-60-8-4)48-40-37-34-31-28-25-22-19-16-13-10-6-2/h57-58,60-61,64-65H,5-56H2,1-4H3. The minimum atomic E-state index is -0.427. The molecule has 0 amide bonds. The van der Waals surface area contributed by atoms with Gasteiger partial charge in [0.2, 0.25) is 0 Å². The fourth-order valence-corrected chi connectivity index (χ4v) is 9.65. The maximum absolute atomic E-state index is 12.3. The van der Waals surface area contributed by atoms with E-state index in [1.807, 2.05) is 0 Å². The smallest absolute Gasteiger partial charge is 0.305 e. The van der Waals surface area contributed by atoms with Gasteiger partial charge in [-0.05, 0) is 77.8 Å². The Morgan fingerprint density at radius 1 is 0.388 bits per heavy atom. The van der Waals surface area contributed by atoms with E-state index in [9.17, 15) is 15.0 Å². The molecule has 0 saturated heterocycles. The Labute approximate surface area is 419 Å². The van der Waals surface area contributed by atoms with Crippen molar-refractivity contribution in [3.05, 3.63) is 0 Å². The van der Waals surface area contributed by atoms with Crippen molar-refractivity contribution >= 4 is 5.97 Å². The van der Waals surface area contributed by atoms with E-state index in [2.05, 4.69) is 48.1 Å². The molecule has 0 spiro atoms. The molecule has 402 valence electrons. The van der Waals surface area contributed by atoms with Gasteiger partial charge in [-0.25, -0.2) is 0 Å². The first kappa shape index (κ1) is 66.2. The zero-order valence-corrected chi connectivity index (χ0v) is 46.0. The number of aliphatic hydroxyl groups is 2. The number of unbranched alkanes of at least 4 members (excludes halogenated alkanes) is 35. The third kappa shape index (κ3) is 52.9. The molecule has 2 atom stereocenters. The molecule has 8 heteroatoms. The molecular formula is C59H122N4O4. The third-order valence-electron chi connectivity index (χ3n) is 14.0. The number of nitrogens with zero attached hydrogens (tertiary/aromatic N) is 2. The largest absolute Gasteiger partial charge is 0.466 e. The summed E-state index contributed by atoms with van der Waals surface area (Å²) in [6.07, 6.45) is 52.4. The monoisotopic (exact) mass is 951 g/mol. The van der Waals surface area contributed by atoms with Crippen LogP contribution < -0.4 is 10.6 Å². The zero-order valence-electron chi connectivity index (χ0n) is 46.0. The Morgan fingerprint density at radius 3 is 1.00 bits per heavy atom. The van der Waals surface area contributed by atoms with E-state index >= 15 is 0 Å². The number of carbonyl (C=O) groups excluding carboxylic acids is 1. The Kier molecular flexibility index (Phi) is 55.5. The van der Waals surface area contributed by atoms with Gasteiger partial charge in [-0.15, -0.1) is 0 Å². The van der Waals surface area contributed by atoms with E-state index in [1.54, 1.807) is 0 Å². The fourth-order valence-electron chi connectivity index (χ4n) is 9.65. The lowest BCUT2D eigenvalue weighted by Gasteiger charge is -2.27. The number of carbonyl (C=O) groups is 1. The van der Waals surface area contributed by atoms with E-state index in [0.29, 0.717) is 32.7 Å². The van der Waals surface area contributed by atoms with Crippen molar-refractivity contribution in [1.82, 2.24) is 20.4 Å². The molecule has 0 rings (SSSR count). The molecule has 0 aromatic heterocycles. The van der Waals surface area contributed by atoms with Gasteiger partial charge in [0.05, 0.1) is 18.8 Å². The summed E-state index contributed by atoms with van der Waals surface area (Å²) >= 11 is 0. The van der Waals surface area contributed by atoms with E-state index in [1.165, 1.54) is 225 Å². The first-order valence-electron chi connectivity index (χ1n) is 30.3. The number of nitrogens with one attached hydrogen (secondary N) is 2. The molecule has 0 aromatic carbocycles. The maximum atomic E-state index is 12.3. The lowest BCUT2D eigenvalue weighted by atomic mass is 10.0. The van der Waals surface area contributed by atoms with Crippen LogP contribution in [0, 0.1) is 0 Å². The summed E-state index contributed by atoms with van der Waals surface area (Å²) in [6, 6.07) is 0. The van der Waals surface area contributed by atoms with Crippen molar-refractivity contribution < 1.29 is 19.7 Å². The van der Waals surface area contributed by atoms with Crippen molar-refractivity contribution in [3.63, 3.8) is 0 Å². The second kappa shape index (κ2) is 56.1. The average molecular weight is 952 g/mol. The molecule has 0 aromatic rings. The first-order valence-corrected chi connectivity index (χ1v) is 30.3. The van der Waals surface area contributed by atoms with Gasteiger partial charge in [0, 0.05) is 32.6 Å². The molecule has 0 heterocycles. The van der Waals surface area contributed by atoms with Crippen molar-refractivity contribution in [2.45, 2.75) is 303 Å². The normalized spacial score (nSPS) is 12.8. The van der Waals surface area contributed by atoms with Crippen LogP contribution in [0.15, 0.2) is 0 Å². The van der Waals surface area contributed by atoms with Crippen LogP contribution in [0.2, 0.25) is 0 Å². The summed E-state index contributed by atoms with van der Waals surface area (Å²) in [5.41, 5.74) is 0. The minimum absolute atomic E-state index is 0.0883. The number of hydrogen-bond acceptors (Lipinski definition) is 8. The Hall–Kier alpha value is -0.770. The molecular weight excluding hydrogens is 829 g/mol. The van der Waals surface area contributed by atoms with Gasteiger partial charge >= 0.3 is 5.97 Å². The van der Waals surface area contributed by atoms with Gasteiger partial charge in [-0.1, -0.05) is 246 Å². The molecule has 0 radical (unpaired) electrons. The van der Waals surface area contributed by atoms with Crippen molar-refractivity contribution in [3.8, 4) is 0 Å². The molecule has 0 aliphatic carbocycles. The van der Waals surface area contributed by atoms with E-state index < -0.39 is 6.10 Å². The number of rotatable bonds is 58. The van der Waals surface area contributed by atoms with Crippen LogP contribution >= 0.6 is 0 Å². The van der Waals surface area contributed by atoms with Crippen LogP contribution in [0.1, 0.15) is 291 Å². The molecule has 0 fully saturated rings. The highest BCUT2D eigenvalue weighted by Crippen LogP contribution is 2.16. The van der Waals surface area contributed by atoms with Gasteiger partial charge in [-0.3, -0.25) is 4.79 Å². The van der Waals surface area contributed by atoms with Crippen molar-refractivity contribution in [1.29, 1.82) is 0 Å². The molecule has 8 nitrogen and oxygen atoms in total. The molecule has 4 N–H and O–H groups in total. The fraction of sp³-hybridized carbons (Fsp3) is 0.983. The minimum Gasteiger partial charge on any atom is -0.466 e. The zero-order chi connectivity index (χ0) is 48.8. The van der Waals surface area contributed by atoms with Crippen LogP contribution in [0.4, 0.5) is 0 Å².